The summed E-state index contributed by atoms with van der Waals surface area (Å²) in [6.45, 7) is 1.34. The minimum absolute atomic E-state index is 0.0236. The van der Waals surface area contributed by atoms with Crippen LogP contribution in [0.25, 0.3) is 0 Å². The van der Waals surface area contributed by atoms with Crippen LogP contribution in [-0.4, -0.2) is 58.4 Å². The molecule has 7 heteroatoms. The van der Waals surface area contributed by atoms with Gasteiger partial charge in [0.2, 0.25) is 5.91 Å². The lowest BCUT2D eigenvalue weighted by molar-refractivity contribution is -0.142. The number of likely N-dealkylation sites (tertiary alicyclic amines) is 1. The predicted molar refractivity (Wildman–Crippen MR) is 75.6 cm³/mol. The number of carbonyl (C=O) groups excluding carboxylic acids is 1. The number of rotatable bonds is 5. The van der Waals surface area contributed by atoms with Gasteiger partial charge in [-0.2, -0.15) is 0 Å². The van der Waals surface area contributed by atoms with Gasteiger partial charge in [-0.15, -0.1) is 11.3 Å². The van der Waals surface area contributed by atoms with Gasteiger partial charge in [-0.3, -0.25) is 14.5 Å². The van der Waals surface area contributed by atoms with E-state index >= 15 is 0 Å². The van der Waals surface area contributed by atoms with E-state index in [-0.39, 0.29) is 5.91 Å². The highest BCUT2D eigenvalue weighted by Gasteiger charge is 2.30. The topological polar surface area (TPSA) is 73.7 Å². The second-order valence-corrected chi connectivity index (χ2v) is 6.11. The molecule has 20 heavy (non-hydrogen) atoms. The van der Waals surface area contributed by atoms with Crippen LogP contribution in [0, 0.1) is 0 Å². The summed E-state index contributed by atoms with van der Waals surface area (Å²) in [6, 6.07) is -0.399. The number of nitrogens with zero attached hydrogens (tertiary/aromatic N) is 3. The van der Waals surface area contributed by atoms with Crippen LogP contribution in [0.5, 0.6) is 0 Å². The molecule has 1 aliphatic rings. The lowest BCUT2D eigenvalue weighted by atomic mass is 10.2. The Bertz CT molecular complexity index is 501. The Morgan fingerprint density at radius 2 is 2.30 bits per heavy atom. The van der Waals surface area contributed by atoms with Crippen molar-refractivity contribution in [1.82, 2.24) is 14.8 Å². The van der Waals surface area contributed by atoms with Gasteiger partial charge in [0.05, 0.1) is 12.1 Å². The van der Waals surface area contributed by atoms with Gasteiger partial charge in [-0.05, 0) is 19.4 Å². The van der Waals surface area contributed by atoms with E-state index in [1.165, 1.54) is 11.3 Å². The molecule has 0 saturated carbocycles. The van der Waals surface area contributed by atoms with E-state index in [1.807, 2.05) is 10.3 Å². The Labute approximate surface area is 122 Å². The molecule has 1 saturated heterocycles. The van der Waals surface area contributed by atoms with Crippen molar-refractivity contribution in [3.63, 3.8) is 0 Å². The SMILES string of the molecule is CN(C)C(=O)Cc1nc(CN2CCCC2C(=O)O)cs1. The number of aromatic nitrogens is 1. The summed E-state index contributed by atoms with van der Waals surface area (Å²) in [5, 5.41) is 11.8. The van der Waals surface area contributed by atoms with E-state index in [2.05, 4.69) is 4.98 Å². The normalized spacial score (nSPS) is 19.2. The van der Waals surface area contributed by atoms with E-state index in [9.17, 15) is 9.59 Å². The smallest absolute Gasteiger partial charge is 0.320 e. The summed E-state index contributed by atoms with van der Waals surface area (Å²) < 4.78 is 0. The van der Waals surface area contributed by atoms with E-state index in [0.717, 1.165) is 23.7 Å². The third-order valence-corrected chi connectivity index (χ3v) is 4.31. The second kappa shape index (κ2) is 6.32. The van der Waals surface area contributed by atoms with Crippen LogP contribution in [0.2, 0.25) is 0 Å². The van der Waals surface area contributed by atoms with Crippen LogP contribution in [-0.2, 0) is 22.6 Å². The molecule has 1 aromatic heterocycles. The summed E-state index contributed by atoms with van der Waals surface area (Å²) in [5.74, 6) is -0.740. The van der Waals surface area contributed by atoms with Crippen LogP contribution in [0.3, 0.4) is 0 Å². The molecule has 1 fully saturated rings. The Hall–Kier alpha value is -1.47. The molecule has 1 N–H and O–H groups in total. The molecular formula is C13H19N3O3S. The first-order valence-corrected chi connectivity index (χ1v) is 7.45. The maximum Gasteiger partial charge on any atom is 0.320 e. The number of carbonyl (C=O) groups is 2. The number of hydrogen-bond acceptors (Lipinski definition) is 5. The average molecular weight is 297 g/mol. The first-order valence-electron chi connectivity index (χ1n) is 6.57. The quantitative estimate of drug-likeness (QED) is 0.871. The van der Waals surface area contributed by atoms with Crippen LogP contribution in [0.4, 0.5) is 0 Å². The predicted octanol–water partition coefficient (Wildman–Crippen LogP) is 0.823. The fourth-order valence-electron chi connectivity index (χ4n) is 2.29. The molecule has 0 bridgehead atoms. The molecule has 1 amide bonds. The maximum atomic E-state index is 11.6. The summed E-state index contributed by atoms with van der Waals surface area (Å²) in [6.07, 6.45) is 1.92. The van der Waals surface area contributed by atoms with Crippen molar-refractivity contribution in [2.75, 3.05) is 20.6 Å². The zero-order valence-electron chi connectivity index (χ0n) is 11.7. The van der Waals surface area contributed by atoms with Gasteiger partial charge in [0.1, 0.15) is 11.0 Å². The number of hydrogen-bond donors (Lipinski definition) is 1. The first-order chi connectivity index (χ1) is 9.47. The first kappa shape index (κ1) is 14.9. The van der Waals surface area contributed by atoms with E-state index in [0.29, 0.717) is 19.4 Å². The molecule has 2 heterocycles. The zero-order valence-corrected chi connectivity index (χ0v) is 12.5. The molecule has 0 spiro atoms. The van der Waals surface area contributed by atoms with Gasteiger partial charge in [0.25, 0.3) is 0 Å². The molecule has 1 unspecified atom stereocenters. The van der Waals surface area contributed by atoms with Crippen molar-refractivity contribution >= 4 is 23.2 Å². The number of carboxylic acids is 1. The molecule has 0 aromatic carbocycles. The Balaban J connectivity index is 1.96. The van der Waals surface area contributed by atoms with Crippen LogP contribution in [0.1, 0.15) is 23.5 Å². The number of amides is 1. The van der Waals surface area contributed by atoms with E-state index in [1.54, 1.807) is 19.0 Å². The van der Waals surface area contributed by atoms with Gasteiger partial charge in [0.15, 0.2) is 0 Å². The molecule has 110 valence electrons. The highest BCUT2D eigenvalue weighted by molar-refractivity contribution is 7.09. The highest BCUT2D eigenvalue weighted by Crippen LogP contribution is 2.21. The van der Waals surface area contributed by atoms with Crippen molar-refractivity contribution in [2.24, 2.45) is 0 Å². The lowest BCUT2D eigenvalue weighted by Gasteiger charge is -2.19. The number of carboxylic acid groups (broad SMARTS) is 1. The highest BCUT2D eigenvalue weighted by atomic mass is 32.1. The van der Waals surface area contributed by atoms with E-state index < -0.39 is 12.0 Å². The fourth-order valence-corrected chi connectivity index (χ4v) is 3.07. The lowest BCUT2D eigenvalue weighted by Crippen LogP contribution is -2.35. The van der Waals surface area contributed by atoms with Crippen LogP contribution in [0.15, 0.2) is 5.38 Å². The van der Waals surface area contributed by atoms with Crippen LogP contribution < -0.4 is 0 Å². The fraction of sp³-hybridized carbons (Fsp3) is 0.615. The molecule has 2 rings (SSSR count). The van der Waals surface area contributed by atoms with Crippen molar-refractivity contribution in [3.05, 3.63) is 16.1 Å². The molecule has 0 aliphatic carbocycles. The van der Waals surface area contributed by atoms with Crippen LogP contribution >= 0.6 is 11.3 Å². The standard InChI is InChI=1S/C13H19N3O3S/c1-15(2)12(17)6-11-14-9(8-20-11)7-16-5-3-4-10(16)13(18)19/h8,10H,3-7H2,1-2H3,(H,18,19). The third kappa shape index (κ3) is 3.55. The van der Waals surface area contributed by atoms with Gasteiger partial charge in [0, 0.05) is 26.0 Å². The van der Waals surface area contributed by atoms with Gasteiger partial charge in [-0.25, -0.2) is 4.98 Å². The summed E-state index contributed by atoms with van der Waals surface area (Å²) in [4.78, 5) is 30.6. The maximum absolute atomic E-state index is 11.6. The molecule has 0 radical (unpaired) electrons. The minimum Gasteiger partial charge on any atom is -0.480 e. The second-order valence-electron chi connectivity index (χ2n) is 5.16. The zero-order chi connectivity index (χ0) is 14.7. The van der Waals surface area contributed by atoms with Gasteiger partial charge >= 0.3 is 5.97 Å². The van der Waals surface area contributed by atoms with Gasteiger partial charge in [-0.1, -0.05) is 0 Å². The number of thiazole rings is 1. The molecule has 1 atom stereocenters. The monoisotopic (exact) mass is 297 g/mol. The molecule has 1 aliphatic heterocycles. The largest absolute Gasteiger partial charge is 0.480 e. The summed E-state index contributed by atoms with van der Waals surface area (Å²) >= 11 is 1.46. The van der Waals surface area contributed by atoms with Crippen molar-refractivity contribution in [2.45, 2.75) is 31.8 Å². The molecular weight excluding hydrogens is 278 g/mol. The average Bonchev–Trinajstić information content (AvgIpc) is 2.99. The van der Waals surface area contributed by atoms with Crippen molar-refractivity contribution in [3.8, 4) is 0 Å². The third-order valence-electron chi connectivity index (χ3n) is 3.41. The van der Waals surface area contributed by atoms with Crippen molar-refractivity contribution < 1.29 is 14.7 Å². The van der Waals surface area contributed by atoms with Gasteiger partial charge < -0.3 is 10.0 Å². The Morgan fingerprint density at radius 3 is 2.95 bits per heavy atom. The summed E-state index contributed by atoms with van der Waals surface area (Å²) in [5.41, 5.74) is 0.852. The number of likely N-dealkylation sites (N-methyl/N-ethyl adjacent to an activating group) is 1. The number of aliphatic carboxylic acids is 1. The Kier molecular flexibility index (Phi) is 4.72. The minimum atomic E-state index is -0.763. The summed E-state index contributed by atoms with van der Waals surface area (Å²) in [7, 11) is 3.44. The van der Waals surface area contributed by atoms with Crippen molar-refractivity contribution in [1.29, 1.82) is 0 Å². The Morgan fingerprint density at radius 1 is 1.55 bits per heavy atom. The molecule has 1 aromatic rings. The van der Waals surface area contributed by atoms with E-state index in [4.69, 9.17) is 5.11 Å². The molecule has 6 nitrogen and oxygen atoms in total.